The zero-order chi connectivity index (χ0) is 12.3. The van der Waals surface area contributed by atoms with Gasteiger partial charge >= 0.3 is 0 Å². The quantitative estimate of drug-likeness (QED) is 0.821. The molecule has 0 saturated carbocycles. The Morgan fingerprint density at radius 1 is 1.12 bits per heavy atom. The van der Waals surface area contributed by atoms with E-state index in [1.807, 2.05) is 38.1 Å². The number of imidazole rings is 1. The van der Waals surface area contributed by atoms with Crippen LogP contribution in [-0.2, 0) is 0 Å². The summed E-state index contributed by atoms with van der Waals surface area (Å²) in [5.74, 6) is 1.32. The van der Waals surface area contributed by atoms with Crippen LogP contribution in [0.1, 0.15) is 11.4 Å². The second-order valence-corrected chi connectivity index (χ2v) is 3.67. The van der Waals surface area contributed by atoms with Gasteiger partial charge in [-0.3, -0.25) is 0 Å². The van der Waals surface area contributed by atoms with Crippen molar-refractivity contribution in [2.45, 2.75) is 13.8 Å². The molecule has 0 aliphatic heterocycles. The Morgan fingerprint density at radius 3 is 2.35 bits per heavy atom. The maximum Gasteiger partial charge on any atom is 0.247 e. The standard InChI is InChI=1S/C12H14N4O/c1-8-9(2)14-12(13-8)16-15-10-4-6-11(17-3)7-5-10/h4-7H,1-3H3,(H,13,14). The average Bonchev–Trinajstić information content (AvgIpc) is 2.67. The predicted octanol–water partition coefficient (Wildman–Crippen LogP) is 3.45. The van der Waals surface area contributed by atoms with Gasteiger partial charge < -0.3 is 9.72 Å². The molecule has 17 heavy (non-hydrogen) atoms. The molecule has 1 aromatic carbocycles. The van der Waals surface area contributed by atoms with Crippen molar-refractivity contribution in [3.63, 3.8) is 0 Å². The number of nitrogens with one attached hydrogen (secondary N) is 1. The number of benzene rings is 1. The summed E-state index contributed by atoms with van der Waals surface area (Å²) in [6.07, 6.45) is 0. The monoisotopic (exact) mass is 230 g/mol. The van der Waals surface area contributed by atoms with E-state index >= 15 is 0 Å². The zero-order valence-electron chi connectivity index (χ0n) is 10.1. The minimum absolute atomic E-state index is 0.524. The highest BCUT2D eigenvalue weighted by atomic mass is 16.5. The molecule has 0 amide bonds. The molecular weight excluding hydrogens is 216 g/mol. The van der Waals surface area contributed by atoms with Crippen LogP contribution in [0.25, 0.3) is 0 Å². The van der Waals surface area contributed by atoms with Crippen molar-refractivity contribution < 1.29 is 4.74 Å². The molecule has 0 fully saturated rings. The van der Waals surface area contributed by atoms with Crippen LogP contribution in [-0.4, -0.2) is 17.1 Å². The van der Waals surface area contributed by atoms with Gasteiger partial charge in [0.2, 0.25) is 5.95 Å². The van der Waals surface area contributed by atoms with Crippen LogP contribution in [0.4, 0.5) is 11.6 Å². The average molecular weight is 230 g/mol. The highest BCUT2D eigenvalue weighted by molar-refractivity contribution is 5.41. The largest absolute Gasteiger partial charge is 0.497 e. The molecule has 0 atom stereocenters. The van der Waals surface area contributed by atoms with Gasteiger partial charge in [-0.1, -0.05) is 0 Å². The van der Waals surface area contributed by atoms with Crippen molar-refractivity contribution in [1.82, 2.24) is 9.97 Å². The number of ether oxygens (including phenoxy) is 1. The van der Waals surface area contributed by atoms with E-state index < -0.39 is 0 Å². The lowest BCUT2D eigenvalue weighted by Crippen LogP contribution is -1.79. The third kappa shape index (κ3) is 2.69. The third-order valence-corrected chi connectivity index (χ3v) is 2.45. The summed E-state index contributed by atoms with van der Waals surface area (Å²) < 4.78 is 5.06. The summed E-state index contributed by atoms with van der Waals surface area (Å²) >= 11 is 0. The van der Waals surface area contributed by atoms with Gasteiger partial charge in [0.05, 0.1) is 18.5 Å². The highest BCUT2D eigenvalue weighted by Crippen LogP contribution is 2.20. The van der Waals surface area contributed by atoms with Crippen LogP contribution < -0.4 is 4.74 Å². The Kier molecular flexibility index (Phi) is 3.18. The minimum atomic E-state index is 0.524. The molecule has 1 heterocycles. The van der Waals surface area contributed by atoms with Gasteiger partial charge in [0, 0.05) is 5.69 Å². The van der Waals surface area contributed by atoms with Crippen LogP contribution in [0.3, 0.4) is 0 Å². The summed E-state index contributed by atoms with van der Waals surface area (Å²) in [7, 11) is 1.63. The lowest BCUT2D eigenvalue weighted by Gasteiger charge is -1.97. The van der Waals surface area contributed by atoms with Crippen LogP contribution in [0.2, 0.25) is 0 Å². The number of aryl methyl sites for hydroxylation is 2. The second kappa shape index (κ2) is 4.78. The summed E-state index contributed by atoms with van der Waals surface area (Å²) in [6, 6.07) is 7.36. The predicted molar refractivity (Wildman–Crippen MR) is 65.2 cm³/mol. The SMILES string of the molecule is COc1ccc(N=Nc2nc(C)c(C)[nH]2)cc1. The number of azo groups is 1. The summed E-state index contributed by atoms with van der Waals surface area (Å²) in [5, 5.41) is 8.11. The van der Waals surface area contributed by atoms with E-state index in [0.29, 0.717) is 5.95 Å². The topological polar surface area (TPSA) is 62.6 Å². The van der Waals surface area contributed by atoms with Crippen molar-refractivity contribution >= 4 is 11.6 Å². The first-order chi connectivity index (χ1) is 8.19. The molecule has 0 radical (unpaired) electrons. The normalized spacial score (nSPS) is 11.0. The molecule has 0 saturated heterocycles. The van der Waals surface area contributed by atoms with Gasteiger partial charge in [-0.05, 0) is 38.1 Å². The lowest BCUT2D eigenvalue weighted by atomic mass is 10.3. The Labute approximate surface area is 99.6 Å². The molecule has 1 N–H and O–H groups in total. The summed E-state index contributed by atoms with van der Waals surface area (Å²) in [4.78, 5) is 7.26. The van der Waals surface area contributed by atoms with Gasteiger partial charge in [0.25, 0.3) is 0 Å². The Bertz CT molecular complexity index is 508. The number of hydrogen-bond acceptors (Lipinski definition) is 4. The molecule has 5 nitrogen and oxygen atoms in total. The van der Waals surface area contributed by atoms with Crippen LogP contribution in [0.5, 0.6) is 5.75 Å². The van der Waals surface area contributed by atoms with Gasteiger partial charge in [-0.25, -0.2) is 4.98 Å². The van der Waals surface area contributed by atoms with Crippen molar-refractivity contribution in [2.24, 2.45) is 10.2 Å². The molecule has 88 valence electrons. The molecule has 2 aromatic rings. The Balaban J connectivity index is 2.14. The van der Waals surface area contributed by atoms with E-state index in [-0.39, 0.29) is 0 Å². The van der Waals surface area contributed by atoms with E-state index in [1.165, 1.54) is 0 Å². The fourth-order valence-corrected chi connectivity index (χ4v) is 1.33. The van der Waals surface area contributed by atoms with E-state index in [1.54, 1.807) is 7.11 Å². The Morgan fingerprint density at radius 2 is 1.82 bits per heavy atom. The number of aromatic amines is 1. The molecule has 0 unspecified atom stereocenters. The maximum absolute atomic E-state index is 5.06. The summed E-state index contributed by atoms with van der Waals surface area (Å²) in [6.45, 7) is 3.88. The molecule has 1 aromatic heterocycles. The highest BCUT2D eigenvalue weighted by Gasteiger charge is 2.00. The van der Waals surface area contributed by atoms with Gasteiger partial charge in [-0.15, -0.1) is 10.2 Å². The fourth-order valence-electron chi connectivity index (χ4n) is 1.33. The first kappa shape index (κ1) is 11.3. The van der Waals surface area contributed by atoms with E-state index in [9.17, 15) is 0 Å². The van der Waals surface area contributed by atoms with E-state index in [2.05, 4.69) is 20.2 Å². The molecule has 0 aliphatic carbocycles. The van der Waals surface area contributed by atoms with E-state index in [4.69, 9.17) is 4.74 Å². The van der Waals surface area contributed by atoms with Gasteiger partial charge in [0.1, 0.15) is 5.75 Å². The molecule has 5 heteroatoms. The Hall–Kier alpha value is -2.17. The van der Waals surface area contributed by atoms with Gasteiger partial charge in [0.15, 0.2) is 0 Å². The van der Waals surface area contributed by atoms with Crippen molar-refractivity contribution in [2.75, 3.05) is 7.11 Å². The lowest BCUT2D eigenvalue weighted by molar-refractivity contribution is 0.415. The number of H-pyrrole nitrogens is 1. The molecule has 0 bridgehead atoms. The van der Waals surface area contributed by atoms with Crippen LogP contribution in [0, 0.1) is 13.8 Å². The summed E-state index contributed by atoms with van der Waals surface area (Å²) in [5.41, 5.74) is 2.71. The number of rotatable bonds is 3. The maximum atomic E-state index is 5.06. The van der Waals surface area contributed by atoms with Crippen LogP contribution in [0.15, 0.2) is 34.5 Å². The smallest absolute Gasteiger partial charge is 0.247 e. The first-order valence-corrected chi connectivity index (χ1v) is 5.28. The van der Waals surface area contributed by atoms with Gasteiger partial charge in [-0.2, -0.15) is 0 Å². The number of aromatic nitrogens is 2. The second-order valence-electron chi connectivity index (χ2n) is 3.67. The fraction of sp³-hybridized carbons (Fsp3) is 0.250. The van der Waals surface area contributed by atoms with Crippen molar-refractivity contribution in [3.05, 3.63) is 35.7 Å². The first-order valence-electron chi connectivity index (χ1n) is 5.28. The van der Waals surface area contributed by atoms with Crippen molar-refractivity contribution in [1.29, 1.82) is 0 Å². The number of nitrogens with zero attached hydrogens (tertiary/aromatic N) is 3. The van der Waals surface area contributed by atoms with Crippen molar-refractivity contribution in [3.8, 4) is 5.75 Å². The zero-order valence-corrected chi connectivity index (χ0v) is 10.1. The molecule has 0 spiro atoms. The molecule has 2 rings (SSSR count). The third-order valence-electron chi connectivity index (χ3n) is 2.45. The minimum Gasteiger partial charge on any atom is -0.497 e. The van der Waals surface area contributed by atoms with E-state index in [0.717, 1.165) is 22.8 Å². The molecular formula is C12H14N4O. The molecule has 0 aliphatic rings. The number of methoxy groups -OCH3 is 1. The van der Waals surface area contributed by atoms with Crippen LogP contribution >= 0.6 is 0 Å². The number of hydrogen-bond donors (Lipinski definition) is 1.